The van der Waals surface area contributed by atoms with Crippen molar-refractivity contribution in [2.75, 3.05) is 13.7 Å². The molecule has 7 heteroatoms. The van der Waals surface area contributed by atoms with E-state index in [9.17, 15) is 4.79 Å². The second-order valence-corrected chi connectivity index (χ2v) is 7.71. The summed E-state index contributed by atoms with van der Waals surface area (Å²) in [7, 11) is 1.65. The molecule has 3 aromatic rings. The van der Waals surface area contributed by atoms with Crippen molar-refractivity contribution in [1.82, 2.24) is 15.1 Å². The number of carbonyl (C=O) groups excluding carboxylic acids is 1. The smallest absolute Gasteiger partial charge is 0.251 e. The number of hydrogen-bond acceptors (Lipinski definition) is 5. The largest absolute Gasteiger partial charge is 0.497 e. The minimum absolute atomic E-state index is 0.132. The minimum atomic E-state index is -0.147. The lowest BCUT2D eigenvalue weighted by molar-refractivity contribution is 0.0753. The Morgan fingerprint density at radius 3 is 2.55 bits per heavy atom. The van der Waals surface area contributed by atoms with Crippen LogP contribution in [-0.4, -0.2) is 41.2 Å². The molecule has 1 N–H and O–H groups in total. The van der Waals surface area contributed by atoms with Gasteiger partial charge in [-0.3, -0.25) is 4.79 Å². The molecular weight excluding hydrogens is 392 g/mol. The number of aryl methyl sites for hydroxylation is 2. The summed E-state index contributed by atoms with van der Waals surface area (Å²) in [4.78, 5) is 18.0. The van der Waals surface area contributed by atoms with Crippen LogP contribution < -0.4 is 10.1 Å². The van der Waals surface area contributed by atoms with E-state index >= 15 is 0 Å². The van der Waals surface area contributed by atoms with E-state index in [0.717, 1.165) is 40.5 Å². The quantitative estimate of drug-likeness (QED) is 0.636. The van der Waals surface area contributed by atoms with Gasteiger partial charge in [-0.2, -0.15) is 5.10 Å². The van der Waals surface area contributed by atoms with E-state index in [4.69, 9.17) is 9.57 Å². The number of nitrogens with zero attached hydrogens (tertiary/aromatic N) is 3. The number of rotatable bonds is 7. The summed E-state index contributed by atoms with van der Waals surface area (Å²) in [6, 6.07) is 17.3. The van der Waals surface area contributed by atoms with Gasteiger partial charge in [-0.05, 0) is 61.9 Å². The average molecular weight is 418 g/mol. The van der Waals surface area contributed by atoms with Crippen molar-refractivity contribution in [3.05, 3.63) is 77.1 Å². The van der Waals surface area contributed by atoms with E-state index in [1.807, 2.05) is 73.1 Å². The molecule has 1 unspecified atom stereocenters. The molecule has 0 fully saturated rings. The average Bonchev–Trinajstić information content (AvgIpc) is 3.37. The third-order valence-electron chi connectivity index (χ3n) is 5.24. The Morgan fingerprint density at radius 2 is 1.90 bits per heavy atom. The Morgan fingerprint density at radius 1 is 1.16 bits per heavy atom. The number of amides is 1. The lowest BCUT2D eigenvalue weighted by Gasteiger charge is -2.11. The van der Waals surface area contributed by atoms with Gasteiger partial charge in [0.15, 0.2) is 0 Å². The van der Waals surface area contributed by atoms with Crippen molar-refractivity contribution in [3.8, 4) is 11.4 Å². The Labute approximate surface area is 181 Å². The molecule has 1 amide bonds. The molecular formula is C24H26N4O3. The first-order chi connectivity index (χ1) is 15.0. The van der Waals surface area contributed by atoms with E-state index in [1.54, 1.807) is 7.11 Å². The van der Waals surface area contributed by atoms with Gasteiger partial charge in [0.1, 0.15) is 11.9 Å². The number of aromatic nitrogens is 2. The van der Waals surface area contributed by atoms with Crippen LogP contribution in [0.1, 0.15) is 33.7 Å². The molecule has 2 heterocycles. The van der Waals surface area contributed by atoms with Crippen LogP contribution in [0.15, 0.2) is 59.8 Å². The zero-order valence-corrected chi connectivity index (χ0v) is 18.0. The highest BCUT2D eigenvalue weighted by molar-refractivity contribution is 5.94. The topological polar surface area (TPSA) is 77.7 Å². The molecule has 0 bridgehead atoms. The van der Waals surface area contributed by atoms with Crippen molar-refractivity contribution in [2.45, 2.75) is 32.8 Å². The van der Waals surface area contributed by atoms with E-state index in [-0.39, 0.29) is 12.0 Å². The van der Waals surface area contributed by atoms with Crippen LogP contribution in [0.3, 0.4) is 0 Å². The van der Waals surface area contributed by atoms with E-state index in [2.05, 4.69) is 15.6 Å². The summed E-state index contributed by atoms with van der Waals surface area (Å²) in [6.07, 6.45) is 1.27. The number of hydrogen-bond donors (Lipinski definition) is 1. The fourth-order valence-electron chi connectivity index (χ4n) is 3.63. The molecule has 1 atom stereocenters. The molecule has 2 aromatic carbocycles. The highest BCUT2D eigenvalue weighted by Gasteiger charge is 2.22. The van der Waals surface area contributed by atoms with Crippen LogP contribution in [0.2, 0.25) is 0 Å². The molecule has 1 aliphatic heterocycles. The summed E-state index contributed by atoms with van der Waals surface area (Å²) >= 11 is 0. The van der Waals surface area contributed by atoms with Crippen molar-refractivity contribution < 1.29 is 14.4 Å². The lowest BCUT2D eigenvalue weighted by Crippen LogP contribution is -2.32. The molecule has 1 aliphatic rings. The Balaban J connectivity index is 1.27. The third-order valence-corrected chi connectivity index (χ3v) is 5.24. The minimum Gasteiger partial charge on any atom is -0.497 e. The van der Waals surface area contributed by atoms with Gasteiger partial charge in [-0.25, -0.2) is 4.68 Å². The molecule has 160 valence electrons. The van der Waals surface area contributed by atoms with E-state index in [0.29, 0.717) is 18.5 Å². The van der Waals surface area contributed by atoms with Crippen molar-refractivity contribution in [1.29, 1.82) is 0 Å². The molecule has 31 heavy (non-hydrogen) atoms. The number of methoxy groups -OCH3 is 1. The van der Waals surface area contributed by atoms with Gasteiger partial charge in [0, 0.05) is 24.1 Å². The van der Waals surface area contributed by atoms with Crippen LogP contribution in [0.5, 0.6) is 5.75 Å². The Bertz CT molecular complexity index is 1090. The summed E-state index contributed by atoms with van der Waals surface area (Å²) in [5.74, 6) is 0.698. The standard InChI is InChI=1S/C24H26N4O3/c1-16-12-17(2)28(26-16)21-8-6-19(7-9-21)24(29)25-15-23-14-20(27-31-23)13-18-4-10-22(30-3)11-5-18/h4-12,23H,13-15H2,1-3H3,(H,25,29). The molecule has 0 spiro atoms. The van der Waals surface area contributed by atoms with Crippen LogP contribution in [0.4, 0.5) is 0 Å². The number of ether oxygens (including phenoxy) is 1. The van der Waals surface area contributed by atoms with Gasteiger partial charge < -0.3 is 14.9 Å². The number of benzene rings is 2. The van der Waals surface area contributed by atoms with Crippen molar-refractivity contribution >= 4 is 11.6 Å². The van der Waals surface area contributed by atoms with Crippen LogP contribution in [0, 0.1) is 13.8 Å². The first-order valence-corrected chi connectivity index (χ1v) is 10.3. The number of carbonyl (C=O) groups is 1. The summed E-state index contributed by atoms with van der Waals surface area (Å²) in [6.45, 7) is 4.38. The van der Waals surface area contributed by atoms with E-state index in [1.165, 1.54) is 0 Å². The predicted molar refractivity (Wildman–Crippen MR) is 119 cm³/mol. The maximum absolute atomic E-state index is 12.5. The molecule has 1 aromatic heterocycles. The number of oxime groups is 1. The second kappa shape index (κ2) is 9.04. The monoisotopic (exact) mass is 418 g/mol. The van der Waals surface area contributed by atoms with Crippen molar-refractivity contribution in [2.24, 2.45) is 5.16 Å². The molecule has 0 saturated heterocycles. The summed E-state index contributed by atoms with van der Waals surface area (Å²) in [5.41, 5.74) is 5.66. The number of nitrogens with one attached hydrogen (secondary N) is 1. The fraction of sp³-hybridized carbons (Fsp3) is 0.292. The molecule has 0 saturated carbocycles. The second-order valence-electron chi connectivity index (χ2n) is 7.71. The molecule has 0 aliphatic carbocycles. The predicted octanol–water partition coefficient (Wildman–Crippen LogP) is 3.62. The SMILES string of the molecule is COc1ccc(CC2=NOC(CNC(=O)c3ccc(-n4nc(C)cc4C)cc3)C2)cc1. The van der Waals surface area contributed by atoms with Gasteiger partial charge in [0.25, 0.3) is 5.91 Å². The van der Waals surface area contributed by atoms with Gasteiger partial charge in [0.05, 0.1) is 30.7 Å². The summed E-state index contributed by atoms with van der Waals surface area (Å²) in [5, 5.41) is 11.6. The van der Waals surface area contributed by atoms with Gasteiger partial charge in [0.2, 0.25) is 0 Å². The normalized spacial score (nSPS) is 15.3. The fourth-order valence-corrected chi connectivity index (χ4v) is 3.63. The van der Waals surface area contributed by atoms with Crippen LogP contribution in [0.25, 0.3) is 5.69 Å². The van der Waals surface area contributed by atoms with Crippen LogP contribution >= 0.6 is 0 Å². The van der Waals surface area contributed by atoms with E-state index < -0.39 is 0 Å². The maximum Gasteiger partial charge on any atom is 0.251 e. The first kappa shape index (κ1) is 20.7. The third kappa shape index (κ3) is 4.94. The van der Waals surface area contributed by atoms with Crippen molar-refractivity contribution in [3.63, 3.8) is 0 Å². The Kier molecular flexibility index (Phi) is 6.02. The molecule has 7 nitrogen and oxygen atoms in total. The maximum atomic E-state index is 12.5. The summed E-state index contributed by atoms with van der Waals surface area (Å²) < 4.78 is 7.05. The molecule has 0 radical (unpaired) electrons. The zero-order valence-electron chi connectivity index (χ0n) is 18.0. The van der Waals surface area contributed by atoms with Crippen LogP contribution in [-0.2, 0) is 11.3 Å². The van der Waals surface area contributed by atoms with Gasteiger partial charge in [-0.1, -0.05) is 17.3 Å². The highest BCUT2D eigenvalue weighted by atomic mass is 16.6. The zero-order chi connectivity index (χ0) is 21.8. The molecule has 4 rings (SSSR count). The highest BCUT2D eigenvalue weighted by Crippen LogP contribution is 2.17. The van der Waals surface area contributed by atoms with Gasteiger partial charge in [-0.15, -0.1) is 0 Å². The lowest BCUT2D eigenvalue weighted by atomic mass is 10.0. The Hall–Kier alpha value is -3.61. The van der Waals surface area contributed by atoms with Gasteiger partial charge >= 0.3 is 0 Å². The first-order valence-electron chi connectivity index (χ1n) is 10.3.